The Morgan fingerprint density at radius 1 is 1.11 bits per heavy atom. The maximum Gasteiger partial charge on any atom is 0.270 e. The van der Waals surface area contributed by atoms with Gasteiger partial charge in [-0.2, -0.15) is 5.26 Å². The Morgan fingerprint density at radius 3 is 2.56 bits per heavy atom. The second kappa shape index (κ2) is 7.76. The van der Waals surface area contributed by atoms with E-state index in [-0.39, 0.29) is 22.8 Å². The van der Waals surface area contributed by atoms with E-state index in [4.69, 9.17) is 10.00 Å². The molecule has 0 aliphatic carbocycles. The molecule has 8 heteroatoms. The number of nitriles is 1. The Kier molecular flexibility index (Phi) is 5.05. The molecule has 1 aromatic heterocycles. The van der Waals surface area contributed by atoms with Crippen molar-refractivity contribution >= 4 is 17.3 Å². The van der Waals surface area contributed by atoms with Gasteiger partial charge >= 0.3 is 0 Å². The molecule has 1 N–H and O–H groups in total. The van der Waals surface area contributed by atoms with Gasteiger partial charge in [-0.15, -0.1) is 0 Å². The Morgan fingerprint density at radius 2 is 1.85 bits per heavy atom. The zero-order valence-electron chi connectivity index (χ0n) is 13.8. The number of anilines is 1. The van der Waals surface area contributed by atoms with Crippen molar-refractivity contribution < 1.29 is 14.5 Å². The molecule has 0 bridgehead atoms. The van der Waals surface area contributed by atoms with Gasteiger partial charge in [-0.25, -0.2) is 4.98 Å². The van der Waals surface area contributed by atoms with E-state index < -0.39 is 10.8 Å². The number of amides is 1. The number of hydrogen-bond acceptors (Lipinski definition) is 6. The first kappa shape index (κ1) is 17.6. The van der Waals surface area contributed by atoms with Crippen LogP contribution in [0.15, 0.2) is 66.7 Å². The van der Waals surface area contributed by atoms with Gasteiger partial charge in [0.05, 0.1) is 4.92 Å². The van der Waals surface area contributed by atoms with Crippen LogP contribution in [0, 0.1) is 21.4 Å². The van der Waals surface area contributed by atoms with Crippen LogP contribution in [0.5, 0.6) is 11.6 Å². The number of nitro benzene ring substituents is 1. The van der Waals surface area contributed by atoms with E-state index in [1.54, 1.807) is 42.5 Å². The lowest BCUT2D eigenvalue weighted by atomic mass is 10.2. The molecule has 0 spiro atoms. The van der Waals surface area contributed by atoms with Crippen molar-refractivity contribution in [2.45, 2.75) is 0 Å². The molecule has 132 valence electrons. The van der Waals surface area contributed by atoms with Crippen molar-refractivity contribution in [1.29, 1.82) is 5.26 Å². The van der Waals surface area contributed by atoms with Crippen molar-refractivity contribution in [3.8, 4) is 17.7 Å². The quantitative estimate of drug-likeness (QED) is 0.544. The van der Waals surface area contributed by atoms with Crippen LogP contribution in [0.1, 0.15) is 16.1 Å². The number of ether oxygens (including phenoxy) is 1. The molecule has 0 atom stereocenters. The second-order valence-electron chi connectivity index (χ2n) is 5.36. The molecule has 0 aliphatic rings. The van der Waals surface area contributed by atoms with E-state index in [0.717, 1.165) is 0 Å². The summed E-state index contributed by atoms with van der Waals surface area (Å²) < 4.78 is 5.56. The minimum Gasteiger partial charge on any atom is -0.439 e. The lowest BCUT2D eigenvalue weighted by Gasteiger charge is -2.08. The van der Waals surface area contributed by atoms with E-state index in [9.17, 15) is 14.9 Å². The van der Waals surface area contributed by atoms with Gasteiger partial charge in [0.25, 0.3) is 11.6 Å². The maximum atomic E-state index is 12.2. The number of carbonyl (C=O) groups excluding carboxylic acids is 1. The lowest BCUT2D eigenvalue weighted by molar-refractivity contribution is -0.384. The highest BCUT2D eigenvalue weighted by Gasteiger charge is 2.11. The fourth-order valence-corrected chi connectivity index (χ4v) is 2.22. The number of aromatic nitrogens is 1. The van der Waals surface area contributed by atoms with Crippen LogP contribution in [0.3, 0.4) is 0 Å². The standard InChI is InChI=1S/C19H12N4O4/c20-12-15-4-2-6-18(21-15)27-17-9-7-14(8-10-17)22-19(24)13-3-1-5-16(11-13)23(25)26/h1-11H,(H,22,24). The number of nitro groups is 1. The van der Waals surface area contributed by atoms with Crippen LogP contribution in [0.4, 0.5) is 11.4 Å². The number of pyridine rings is 1. The lowest BCUT2D eigenvalue weighted by Crippen LogP contribution is -2.11. The van der Waals surface area contributed by atoms with Crippen molar-refractivity contribution in [3.63, 3.8) is 0 Å². The van der Waals surface area contributed by atoms with Crippen molar-refractivity contribution in [2.24, 2.45) is 0 Å². The Labute approximate surface area is 153 Å². The Hall–Kier alpha value is -4.25. The molecule has 3 aromatic rings. The number of hydrogen-bond donors (Lipinski definition) is 1. The van der Waals surface area contributed by atoms with Gasteiger partial charge in [-0.05, 0) is 36.4 Å². The van der Waals surface area contributed by atoms with Crippen LogP contribution in [0.2, 0.25) is 0 Å². The number of non-ortho nitro benzene ring substituents is 1. The minimum atomic E-state index is -0.557. The van der Waals surface area contributed by atoms with Crippen LogP contribution in [-0.4, -0.2) is 15.8 Å². The molecular weight excluding hydrogens is 348 g/mol. The molecule has 3 rings (SSSR count). The first-order valence-corrected chi connectivity index (χ1v) is 7.76. The maximum absolute atomic E-state index is 12.2. The molecule has 0 saturated carbocycles. The third kappa shape index (κ3) is 4.43. The highest BCUT2D eigenvalue weighted by atomic mass is 16.6. The van der Waals surface area contributed by atoms with E-state index in [1.807, 2.05) is 6.07 Å². The highest BCUT2D eigenvalue weighted by Crippen LogP contribution is 2.22. The number of rotatable bonds is 5. The molecule has 27 heavy (non-hydrogen) atoms. The van der Waals surface area contributed by atoms with E-state index >= 15 is 0 Å². The number of nitrogens with one attached hydrogen (secondary N) is 1. The van der Waals surface area contributed by atoms with Crippen molar-refractivity contribution in [3.05, 3.63) is 88.1 Å². The van der Waals surface area contributed by atoms with Gasteiger partial charge in [0.15, 0.2) is 0 Å². The third-order valence-corrected chi connectivity index (χ3v) is 3.49. The Bertz CT molecular complexity index is 1040. The SMILES string of the molecule is N#Cc1cccc(Oc2ccc(NC(=O)c3cccc([N+](=O)[O-])c3)cc2)n1. The van der Waals surface area contributed by atoms with Crippen LogP contribution < -0.4 is 10.1 Å². The fraction of sp³-hybridized carbons (Fsp3) is 0. The smallest absolute Gasteiger partial charge is 0.270 e. The summed E-state index contributed by atoms with van der Waals surface area (Å²) in [5.74, 6) is 0.295. The van der Waals surface area contributed by atoms with Gasteiger partial charge < -0.3 is 10.1 Å². The van der Waals surface area contributed by atoms with Gasteiger partial charge in [0, 0.05) is 29.4 Å². The summed E-state index contributed by atoms with van der Waals surface area (Å²) >= 11 is 0. The number of benzene rings is 2. The minimum absolute atomic E-state index is 0.154. The summed E-state index contributed by atoms with van der Waals surface area (Å²) in [6.45, 7) is 0. The van der Waals surface area contributed by atoms with Gasteiger partial charge in [-0.1, -0.05) is 12.1 Å². The molecule has 0 unspecified atom stereocenters. The average Bonchev–Trinajstić information content (AvgIpc) is 2.69. The van der Waals surface area contributed by atoms with Gasteiger partial charge in [0.1, 0.15) is 17.5 Å². The third-order valence-electron chi connectivity index (χ3n) is 3.49. The van der Waals surface area contributed by atoms with E-state index in [2.05, 4.69) is 10.3 Å². The zero-order valence-corrected chi connectivity index (χ0v) is 13.8. The van der Waals surface area contributed by atoms with E-state index in [1.165, 1.54) is 24.3 Å². The highest BCUT2D eigenvalue weighted by molar-refractivity contribution is 6.04. The molecule has 1 amide bonds. The summed E-state index contributed by atoms with van der Waals surface area (Å²) in [5, 5.41) is 22.3. The molecule has 0 aliphatic heterocycles. The zero-order chi connectivity index (χ0) is 19.2. The van der Waals surface area contributed by atoms with E-state index in [0.29, 0.717) is 11.4 Å². The number of nitrogens with zero attached hydrogens (tertiary/aromatic N) is 3. The number of carbonyl (C=O) groups is 1. The van der Waals surface area contributed by atoms with Crippen LogP contribution in [-0.2, 0) is 0 Å². The topological polar surface area (TPSA) is 118 Å². The molecule has 8 nitrogen and oxygen atoms in total. The molecule has 0 fully saturated rings. The van der Waals surface area contributed by atoms with Crippen LogP contribution in [0.25, 0.3) is 0 Å². The van der Waals surface area contributed by atoms with Gasteiger partial charge in [0.2, 0.25) is 5.88 Å². The fourth-order valence-electron chi connectivity index (χ4n) is 2.22. The normalized spacial score (nSPS) is 9.89. The predicted molar refractivity (Wildman–Crippen MR) is 96.5 cm³/mol. The molecule has 1 heterocycles. The first-order chi connectivity index (χ1) is 13.0. The largest absolute Gasteiger partial charge is 0.439 e. The second-order valence-corrected chi connectivity index (χ2v) is 5.36. The summed E-state index contributed by atoms with van der Waals surface area (Å²) in [6, 6.07) is 18.8. The summed E-state index contributed by atoms with van der Waals surface area (Å²) in [6.07, 6.45) is 0. The first-order valence-electron chi connectivity index (χ1n) is 7.76. The summed E-state index contributed by atoms with van der Waals surface area (Å²) in [4.78, 5) is 26.5. The molecule has 0 saturated heterocycles. The average molecular weight is 360 g/mol. The summed E-state index contributed by atoms with van der Waals surface area (Å²) in [5.41, 5.74) is 0.770. The molecule has 0 radical (unpaired) electrons. The summed E-state index contributed by atoms with van der Waals surface area (Å²) in [7, 11) is 0. The van der Waals surface area contributed by atoms with Crippen molar-refractivity contribution in [1.82, 2.24) is 4.98 Å². The Balaban J connectivity index is 1.68. The monoisotopic (exact) mass is 360 g/mol. The van der Waals surface area contributed by atoms with Gasteiger partial charge in [-0.3, -0.25) is 14.9 Å². The predicted octanol–water partition coefficient (Wildman–Crippen LogP) is 3.91. The molecule has 2 aromatic carbocycles. The van der Waals surface area contributed by atoms with Crippen LogP contribution >= 0.6 is 0 Å². The van der Waals surface area contributed by atoms with Crippen molar-refractivity contribution in [2.75, 3.05) is 5.32 Å². The molecular formula is C19H12N4O4.